The molecule has 25 heavy (non-hydrogen) atoms. The molecule has 3 nitrogen and oxygen atoms in total. The predicted molar refractivity (Wildman–Crippen MR) is 99.9 cm³/mol. The van der Waals surface area contributed by atoms with E-state index in [0.717, 1.165) is 23.2 Å². The zero-order valence-electron chi connectivity index (χ0n) is 14.2. The Morgan fingerprint density at radius 2 is 1.44 bits per heavy atom. The summed E-state index contributed by atoms with van der Waals surface area (Å²) in [7, 11) is 0. The topological polar surface area (TPSA) is 33.2 Å². The zero-order valence-corrected chi connectivity index (χ0v) is 14.2. The van der Waals surface area contributed by atoms with Gasteiger partial charge in [-0.2, -0.15) is 0 Å². The molecule has 1 heterocycles. The molecule has 0 spiro atoms. The van der Waals surface area contributed by atoms with Gasteiger partial charge in [-0.3, -0.25) is 9.78 Å². The predicted octanol–water partition coefficient (Wildman–Crippen LogP) is 3.90. The summed E-state index contributed by atoms with van der Waals surface area (Å²) in [5.41, 5.74) is 3.20. The summed E-state index contributed by atoms with van der Waals surface area (Å²) in [4.78, 5) is 19.1. The van der Waals surface area contributed by atoms with Crippen LogP contribution in [0.25, 0.3) is 0 Å². The van der Waals surface area contributed by atoms with Gasteiger partial charge in [-0.1, -0.05) is 66.7 Å². The van der Waals surface area contributed by atoms with E-state index in [2.05, 4.69) is 17.1 Å². The first-order valence-electron chi connectivity index (χ1n) is 8.57. The van der Waals surface area contributed by atoms with Crippen LogP contribution in [0.5, 0.6) is 0 Å². The van der Waals surface area contributed by atoms with E-state index in [1.54, 1.807) is 6.20 Å². The summed E-state index contributed by atoms with van der Waals surface area (Å²) < 4.78 is 0. The standard InChI is InChI=1S/C22H22N2O/c25-22(17-19-9-3-1-4-10-19)24(18-20-11-5-2-6-12-20)16-14-21-13-7-8-15-23-21/h1-13,15H,14,16-18H2. The van der Waals surface area contributed by atoms with Crippen LogP contribution in [0.2, 0.25) is 0 Å². The molecule has 1 amide bonds. The number of benzene rings is 2. The van der Waals surface area contributed by atoms with Crippen molar-refractivity contribution < 1.29 is 4.79 Å². The number of aromatic nitrogens is 1. The average molecular weight is 330 g/mol. The van der Waals surface area contributed by atoms with Crippen molar-refractivity contribution in [3.05, 3.63) is 102 Å². The van der Waals surface area contributed by atoms with Gasteiger partial charge in [-0.05, 0) is 23.3 Å². The Morgan fingerprint density at radius 3 is 2.08 bits per heavy atom. The van der Waals surface area contributed by atoms with E-state index >= 15 is 0 Å². The van der Waals surface area contributed by atoms with E-state index in [1.165, 1.54) is 0 Å². The molecule has 1 aromatic heterocycles. The van der Waals surface area contributed by atoms with Gasteiger partial charge in [-0.25, -0.2) is 0 Å². The fraction of sp³-hybridized carbons (Fsp3) is 0.182. The molecule has 0 aliphatic rings. The van der Waals surface area contributed by atoms with Crippen LogP contribution < -0.4 is 0 Å². The lowest BCUT2D eigenvalue weighted by Crippen LogP contribution is -2.33. The van der Waals surface area contributed by atoms with Crippen LogP contribution >= 0.6 is 0 Å². The molecule has 0 N–H and O–H groups in total. The number of hydrogen-bond acceptors (Lipinski definition) is 2. The molecule has 3 rings (SSSR count). The van der Waals surface area contributed by atoms with Crippen molar-refractivity contribution in [2.45, 2.75) is 19.4 Å². The van der Waals surface area contributed by atoms with Crippen LogP contribution in [0.3, 0.4) is 0 Å². The Morgan fingerprint density at radius 1 is 0.800 bits per heavy atom. The van der Waals surface area contributed by atoms with Crippen molar-refractivity contribution in [3.8, 4) is 0 Å². The first-order valence-corrected chi connectivity index (χ1v) is 8.57. The van der Waals surface area contributed by atoms with Gasteiger partial charge in [0.2, 0.25) is 5.91 Å². The van der Waals surface area contributed by atoms with Crippen LogP contribution in [0.4, 0.5) is 0 Å². The van der Waals surface area contributed by atoms with Crippen molar-refractivity contribution in [3.63, 3.8) is 0 Å². The van der Waals surface area contributed by atoms with Gasteiger partial charge in [0.25, 0.3) is 0 Å². The second-order valence-corrected chi connectivity index (χ2v) is 6.03. The Balaban J connectivity index is 1.70. The van der Waals surface area contributed by atoms with Gasteiger partial charge < -0.3 is 4.90 Å². The van der Waals surface area contributed by atoms with Crippen molar-refractivity contribution in [2.75, 3.05) is 6.54 Å². The molecule has 0 aliphatic carbocycles. The summed E-state index contributed by atoms with van der Waals surface area (Å²) in [5.74, 6) is 0.144. The van der Waals surface area contributed by atoms with Crippen LogP contribution in [0.1, 0.15) is 16.8 Å². The van der Waals surface area contributed by atoms with Crippen molar-refractivity contribution in [2.24, 2.45) is 0 Å². The smallest absolute Gasteiger partial charge is 0.227 e. The number of hydrogen-bond donors (Lipinski definition) is 0. The summed E-state index contributed by atoms with van der Waals surface area (Å²) in [6.45, 7) is 1.29. The maximum Gasteiger partial charge on any atom is 0.227 e. The summed E-state index contributed by atoms with van der Waals surface area (Å²) in [6.07, 6.45) is 2.98. The van der Waals surface area contributed by atoms with Gasteiger partial charge in [0.1, 0.15) is 0 Å². The monoisotopic (exact) mass is 330 g/mol. The Kier molecular flexibility index (Phi) is 5.94. The highest BCUT2D eigenvalue weighted by molar-refractivity contribution is 5.78. The van der Waals surface area contributed by atoms with E-state index in [-0.39, 0.29) is 5.91 Å². The molecule has 0 aliphatic heterocycles. The minimum atomic E-state index is 0.144. The third kappa shape index (κ3) is 5.28. The molecular weight excluding hydrogens is 308 g/mol. The lowest BCUT2D eigenvalue weighted by molar-refractivity contribution is -0.131. The molecule has 0 saturated carbocycles. The van der Waals surface area contributed by atoms with Crippen molar-refractivity contribution in [1.29, 1.82) is 0 Å². The Labute approximate surface area is 149 Å². The summed E-state index contributed by atoms with van der Waals surface area (Å²) >= 11 is 0. The second kappa shape index (κ2) is 8.78. The van der Waals surface area contributed by atoms with Crippen LogP contribution in [0.15, 0.2) is 85.1 Å². The minimum absolute atomic E-state index is 0.144. The zero-order chi connectivity index (χ0) is 17.3. The Bertz CT molecular complexity index is 773. The molecule has 3 aromatic rings. The number of nitrogens with zero attached hydrogens (tertiary/aromatic N) is 2. The molecule has 0 fully saturated rings. The molecule has 0 bridgehead atoms. The largest absolute Gasteiger partial charge is 0.338 e. The summed E-state index contributed by atoms with van der Waals surface area (Å²) in [5, 5.41) is 0. The third-order valence-electron chi connectivity index (χ3n) is 4.13. The van der Waals surface area contributed by atoms with Gasteiger partial charge in [0.15, 0.2) is 0 Å². The highest BCUT2D eigenvalue weighted by Gasteiger charge is 2.15. The fourth-order valence-electron chi connectivity index (χ4n) is 2.77. The van der Waals surface area contributed by atoms with Crippen molar-refractivity contribution >= 4 is 5.91 Å². The van der Waals surface area contributed by atoms with Crippen LogP contribution in [-0.2, 0) is 24.2 Å². The lowest BCUT2D eigenvalue weighted by atomic mass is 10.1. The van der Waals surface area contributed by atoms with E-state index in [1.807, 2.05) is 71.6 Å². The number of carbonyl (C=O) groups is 1. The highest BCUT2D eigenvalue weighted by Crippen LogP contribution is 2.10. The average Bonchev–Trinajstić information content (AvgIpc) is 2.67. The fourth-order valence-corrected chi connectivity index (χ4v) is 2.77. The van der Waals surface area contributed by atoms with E-state index in [0.29, 0.717) is 19.5 Å². The molecule has 0 atom stereocenters. The summed E-state index contributed by atoms with van der Waals surface area (Å²) in [6, 6.07) is 25.9. The minimum Gasteiger partial charge on any atom is -0.338 e. The molecular formula is C22H22N2O. The molecule has 0 radical (unpaired) electrons. The van der Waals surface area contributed by atoms with Crippen LogP contribution in [-0.4, -0.2) is 22.3 Å². The second-order valence-electron chi connectivity index (χ2n) is 6.03. The van der Waals surface area contributed by atoms with E-state index in [4.69, 9.17) is 0 Å². The SMILES string of the molecule is O=C(Cc1ccccc1)N(CCc1ccccn1)Cc1ccccc1. The third-order valence-corrected chi connectivity index (χ3v) is 4.13. The van der Waals surface area contributed by atoms with Gasteiger partial charge in [0, 0.05) is 31.4 Å². The van der Waals surface area contributed by atoms with Gasteiger partial charge in [-0.15, -0.1) is 0 Å². The molecule has 0 unspecified atom stereocenters. The first kappa shape index (κ1) is 16.9. The number of pyridine rings is 1. The van der Waals surface area contributed by atoms with Crippen LogP contribution in [0, 0.1) is 0 Å². The number of carbonyl (C=O) groups excluding carboxylic acids is 1. The normalized spacial score (nSPS) is 10.4. The quantitative estimate of drug-likeness (QED) is 0.658. The molecule has 126 valence electrons. The molecule has 2 aromatic carbocycles. The maximum absolute atomic E-state index is 12.8. The number of rotatable bonds is 7. The molecule has 0 saturated heterocycles. The highest BCUT2D eigenvalue weighted by atomic mass is 16.2. The first-order chi connectivity index (χ1) is 12.3. The molecule has 3 heteroatoms. The Hall–Kier alpha value is -2.94. The van der Waals surface area contributed by atoms with E-state index < -0.39 is 0 Å². The van der Waals surface area contributed by atoms with Gasteiger partial charge >= 0.3 is 0 Å². The maximum atomic E-state index is 12.8. The lowest BCUT2D eigenvalue weighted by Gasteiger charge is -2.23. The van der Waals surface area contributed by atoms with Crippen molar-refractivity contribution in [1.82, 2.24) is 9.88 Å². The van der Waals surface area contributed by atoms with E-state index in [9.17, 15) is 4.79 Å². The van der Waals surface area contributed by atoms with Gasteiger partial charge in [0.05, 0.1) is 6.42 Å². The number of amides is 1.